The number of hydrogen-bond acceptors (Lipinski definition) is 1. The molecule has 0 saturated heterocycles. The zero-order valence-electron chi connectivity index (χ0n) is 7.13. The van der Waals surface area contributed by atoms with E-state index in [4.69, 9.17) is 17.3 Å². The smallest absolute Gasteiger partial charge is 0.0875 e. The normalized spacial score (nSPS) is 11.8. The van der Waals surface area contributed by atoms with Crippen LogP contribution in [0.25, 0.3) is 0 Å². The maximum atomic E-state index is 12.2. The summed E-state index contributed by atoms with van der Waals surface area (Å²) in [6, 6.07) is 7.32. The van der Waals surface area contributed by atoms with Crippen molar-refractivity contribution in [1.82, 2.24) is 0 Å². The second-order valence-corrected chi connectivity index (χ2v) is 3.21. The number of benzene rings is 1. The molecular weight excluding hydrogens is 189 g/mol. The van der Waals surface area contributed by atoms with Crippen molar-refractivity contribution >= 4 is 11.6 Å². The van der Waals surface area contributed by atoms with E-state index >= 15 is 0 Å². The summed E-state index contributed by atoms with van der Waals surface area (Å²) in [7, 11) is 0. The molecule has 0 amide bonds. The van der Waals surface area contributed by atoms with Crippen LogP contribution in [0.1, 0.15) is 5.56 Å². The van der Waals surface area contributed by atoms with E-state index in [1.165, 1.54) is 0 Å². The number of nitrogens with two attached hydrogens (primary N) is 1. The van der Waals surface area contributed by atoms with E-state index in [-0.39, 0.29) is 6.54 Å². The van der Waals surface area contributed by atoms with Crippen molar-refractivity contribution in [3.05, 3.63) is 46.8 Å². The van der Waals surface area contributed by atoms with Gasteiger partial charge in [-0.3, -0.25) is 0 Å². The summed E-state index contributed by atoms with van der Waals surface area (Å²) < 4.78 is 12.2. The summed E-state index contributed by atoms with van der Waals surface area (Å²) in [4.78, 5) is 0. The first-order valence-electron chi connectivity index (χ1n) is 3.99. The Morgan fingerprint density at radius 3 is 2.85 bits per heavy atom. The highest BCUT2D eigenvalue weighted by atomic mass is 35.5. The molecule has 1 nitrogen and oxygen atoms in total. The minimum absolute atomic E-state index is 0.239. The van der Waals surface area contributed by atoms with E-state index in [1.54, 1.807) is 12.1 Å². The minimum Gasteiger partial charge on any atom is -0.327 e. The Morgan fingerprint density at radius 2 is 2.31 bits per heavy atom. The summed E-state index contributed by atoms with van der Waals surface area (Å²) in [5.74, 6) is 0. The molecule has 0 spiro atoms. The SMILES string of the molecule is NC/C(=C\F)Cc1cccc(Cl)c1. The second kappa shape index (κ2) is 5.00. The molecule has 0 aliphatic rings. The monoisotopic (exact) mass is 199 g/mol. The largest absolute Gasteiger partial charge is 0.327 e. The van der Waals surface area contributed by atoms with Crippen molar-refractivity contribution in [2.75, 3.05) is 6.54 Å². The number of halogens is 2. The van der Waals surface area contributed by atoms with Gasteiger partial charge >= 0.3 is 0 Å². The Kier molecular flexibility index (Phi) is 3.93. The predicted molar refractivity (Wildman–Crippen MR) is 53.4 cm³/mol. The Morgan fingerprint density at radius 1 is 1.54 bits per heavy atom. The lowest BCUT2D eigenvalue weighted by molar-refractivity contribution is 0.699. The average Bonchev–Trinajstić information content (AvgIpc) is 2.14. The van der Waals surface area contributed by atoms with Gasteiger partial charge in [-0.15, -0.1) is 0 Å². The fraction of sp³-hybridized carbons (Fsp3) is 0.200. The van der Waals surface area contributed by atoms with Gasteiger partial charge in [-0.2, -0.15) is 0 Å². The molecule has 2 N–H and O–H groups in total. The Labute approximate surface area is 82.0 Å². The number of hydrogen-bond donors (Lipinski definition) is 1. The first-order chi connectivity index (χ1) is 6.26. The van der Waals surface area contributed by atoms with E-state index in [0.29, 0.717) is 23.3 Å². The third-order valence-electron chi connectivity index (χ3n) is 1.74. The van der Waals surface area contributed by atoms with E-state index in [0.717, 1.165) is 5.56 Å². The standard InChI is InChI=1S/C10H11ClFN/c11-10-3-1-2-8(5-10)4-9(6-12)7-13/h1-3,5-6H,4,7,13H2/b9-6-. The summed E-state index contributed by atoms with van der Waals surface area (Å²) in [6.45, 7) is 0.239. The zero-order valence-corrected chi connectivity index (χ0v) is 7.89. The molecule has 0 atom stereocenters. The molecule has 13 heavy (non-hydrogen) atoms. The van der Waals surface area contributed by atoms with Crippen LogP contribution in [0.4, 0.5) is 4.39 Å². The number of rotatable bonds is 3. The summed E-state index contributed by atoms with van der Waals surface area (Å²) in [5, 5.41) is 0.660. The van der Waals surface area contributed by atoms with Gasteiger partial charge in [0.05, 0.1) is 6.33 Å². The van der Waals surface area contributed by atoms with Crippen LogP contribution < -0.4 is 5.73 Å². The van der Waals surface area contributed by atoms with Gasteiger partial charge < -0.3 is 5.73 Å². The Balaban J connectivity index is 2.74. The molecule has 0 radical (unpaired) electrons. The Hall–Kier alpha value is -0.860. The van der Waals surface area contributed by atoms with Crippen molar-refractivity contribution in [1.29, 1.82) is 0 Å². The van der Waals surface area contributed by atoms with E-state index < -0.39 is 0 Å². The zero-order chi connectivity index (χ0) is 9.68. The van der Waals surface area contributed by atoms with Crippen LogP contribution in [0.15, 0.2) is 36.2 Å². The van der Waals surface area contributed by atoms with Crippen molar-refractivity contribution < 1.29 is 4.39 Å². The van der Waals surface area contributed by atoms with Gasteiger partial charge in [-0.05, 0) is 29.7 Å². The molecule has 0 heterocycles. The van der Waals surface area contributed by atoms with Gasteiger partial charge in [-0.1, -0.05) is 23.7 Å². The topological polar surface area (TPSA) is 26.0 Å². The van der Waals surface area contributed by atoms with Crippen LogP contribution >= 0.6 is 11.6 Å². The van der Waals surface area contributed by atoms with Crippen LogP contribution in [-0.2, 0) is 6.42 Å². The van der Waals surface area contributed by atoms with Gasteiger partial charge in [0.25, 0.3) is 0 Å². The molecule has 0 unspecified atom stereocenters. The highest BCUT2D eigenvalue weighted by Crippen LogP contribution is 2.13. The second-order valence-electron chi connectivity index (χ2n) is 2.78. The molecular formula is C10H11ClFN. The lowest BCUT2D eigenvalue weighted by Gasteiger charge is -2.02. The maximum Gasteiger partial charge on any atom is 0.0875 e. The summed E-state index contributed by atoms with van der Waals surface area (Å²) in [6.07, 6.45) is 1.08. The molecule has 0 aliphatic carbocycles. The third kappa shape index (κ3) is 3.17. The first-order valence-corrected chi connectivity index (χ1v) is 4.36. The molecule has 3 heteroatoms. The molecule has 0 aliphatic heterocycles. The van der Waals surface area contributed by atoms with Gasteiger partial charge in [0.2, 0.25) is 0 Å². The molecule has 0 aromatic heterocycles. The van der Waals surface area contributed by atoms with E-state index in [2.05, 4.69) is 0 Å². The molecule has 0 saturated carbocycles. The van der Waals surface area contributed by atoms with Gasteiger partial charge in [-0.25, -0.2) is 4.39 Å². The van der Waals surface area contributed by atoms with Crippen molar-refractivity contribution in [2.24, 2.45) is 5.73 Å². The van der Waals surface area contributed by atoms with Gasteiger partial charge in [0.1, 0.15) is 0 Å². The highest BCUT2D eigenvalue weighted by molar-refractivity contribution is 6.30. The molecule has 1 aromatic carbocycles. The highest BCUT2D eigenvalue weighted by Gasteiger charge is 1.98. The molecule has 1 aromatic rings. The van der Waals surface area contributed by atoms with Crippen LogP contribution in [0.2, 0.25) is 5.02 Å². The van der Waals surface area contributed by atoms with Crippen molar-refractivity contribution in [3.8, 4) is 0 Å². The van der Waals surface area contributed by atoms with Crippen molar-refractivity contribution in [2.45, 2.75) is 6.42 Å². The molecule has 70 valence electrons. The predicted octanol–water partition coefficient (Wildman–Crippen LogP) is 2.69. The quantitative estimate of drug-likeness (QED) is 0.796. The van der Waals surface area contributed by atoms with Gasteiger partial charge in [0.15, 0.2) is 0 Å². The fourth-order valence-electron chi connectivity index (χ4n) is 1.06. The maximum absolute atomic E-state index is 12.2. The molecule has 0 fully saturated rings. The molecule has 0 bridgehead atoms. The molecule has 1 rings (SSSR count). The van der Waals surface area contributed by atoms with Crippen LogP contribution in [-0.4, -0.2) is 6.54 Å². The first kappa shape index (κ1) is 10.2. The third-order valence-corrected chi connectivity index (χ3v) is 1.97. The summed E-state index contributed by atoms with van der Waals surface area (Å²) >= 11 is 5.77. The van der Waals surface area contributed by atoms with Crippen LogP contribution in [0.5, 0.6) is 0 Å². The van der Waals surface area contributed by atoms with Crippen LogP contribution in [0.3, 0.4) is 0 Å². The Bertz CT molecular complexity index is 310. The lowest BCUT2D eigenvalue weighted by atomic mass is 10.1. The van der Waals surface area contributed by atoms with Gasteiger partial charge in [0, 0.05) is 11.6 Å². The van der Waals surface area contributed by atoms with Crippen molar-refractivity contribution in [3.63, 3.8) is 0 Å². The summed E-state index contributed by atoms with van der Waals surface area (Å²) in [5.41, 5.74) is 6.87. The van der Waals surface area contributed by atoms with E-state index in [9.17, 15) is 4.39 Å². The van der Waals surface area contributed by atoms with E-state index in [1.807, 2.05) is 12.1 Å². The minimum atomic E-state index is 0.239. The fourth-order valence-corrected chi connectivity index (χ4v) is 1.28. The lowest BCUT2D eigenvalue weighted by Crippen LogP contribution is -2.05. The average molecular weight is 200 g/mol. The van der Waals surface area contributed by atoms with Crippen LogP contribution in [0, 0.1) is 0 Å².